The zero-order valence-corrected chi connectivity index (χ0v) is 21.9. The summed E-state index contributed by atoms with van der Waals surface area (Å²) in [6.45, 7) is 0. The summed E-state index contributed by atoms with van der Waals surface area (Å²) in [5, 5.41) is 22.2. The first kappa shape index (κ1) is 29.7. The van der Waals surface area contributed by atoms with Gasteiger partial charge < -0.3 is 15.5 Å². The Balaban J connectivity index is 1.53. The van der Waals surface area contributed by atoms with Crippen molar-refractivity contribution in [2.45, 2.75) is 24.4 Å². The van der Waals surface area contributed by atoms with Gasteiger partial charge in [0.25, 0.3) is 5.91 Å². The highest BCUT2D eigenvalue weighted by molar-refractivity contribution is 6.09. The molecule has 0 aliphatic carbocycles. The third kappa shape index (κ3) is 6.38. The molecule has 0 bridgehead atoms. The molecule has 0 fully saturated rings. The van der Waals surface area contributed by atoms with Crippen molar-refractivity contribution in [3.8, 4) is 11.1 Å². The second kappa shape index (κ2) is 12.1. The van der Waals surface area contributed by atoms with E-state index in [9.17, 15) is 42.6 Å². The summed E-state index contributed by atoms with van der Waals surface area (Å²) in [5.41, 5.74) is -2.15. The number of aliphatic carboxylic acids is 2. The Hall–Kier alpha value is -5.25. The van der Waals surface area contributed by atoms with Crippen LogP contribution >= 0.6 is 0 Å². The van der Waals surface area contributed by atoms with Crippen molar-refractivity contribution in [2.24, 2.45) is 0 Å². The molecule has 1 amide bonds. The molecule has 42 heavy (non-hydrogen) atoms. The fourth-order valence-corrected chi connectivity index (χ4v) is 4.58. The zero-order chi connectivity index (χ0) is 30.5. The Morgan fingerprint density at radius 1 is 0.690 bits per heavy atom. The Bertz CT molecular complexity index is 1600. The van der Waals surface area contributed by atoms with Gasteiger partial charge in [0.1, 0.15) is 5.78 Å². The number of carboxylic acids is 2. The van der Waals surface area contributed by atoms with Gasteiger partial charge in [0.2, 0.25) is 0 Å². The van der Waals surface area contributed by atoms with Crippen LogP contribution in [0.25, 0.3) is 11.1 Å². The quantitative estimate of drug-likeness (QED) is 0.193. The van der Waals surface area contributed by atoms with Gasteiger partial charge in [0.05, 0.1) is 5.56 Å². The standard InChI is InChI=1S/C32H24F3NO6/c33-32(34,35)23-13-16-26(21-7-3-1-4-8-21)27(18-23)28(38)36-24-14-11-20(12-15-24)17-25(37)19-31(29(39)40,30(41)42)22-9-5-2-6-10-22/h1-16,18H,17,19H2,(H,36,38)(H,39,40)(H,41,42). The van der Waals surface area contributed by atoms with Crippen molar-refractivity contribution in [1.29, 1.82) is 0 Å². The number of amides is 1. The number of rotatable bonds is 10. The number of anilines is 1. The molecule has 0 radical (unpaired) electrons. The van der Waals surface area contributed by atoms with Gasteiger partial charge in [-0.2, -0.15) is 13.2 Å². The van der Waals surface area contributed by atoms with Gasteiger partial charge in [0.15, 0.2) is 5.41 Å². The molecule has 4 rings (SSSR count). The number of alkyl halides is 3. The Morgan fingerprint density at radius 3 is 1.81 bits per heavy atom. The Labute approximate surface area is 238 Å². The molecule has 0 aliphatic rings. The zero-order valence-electron chi connectivity index (χ0n) is 21.9. The fourth-order valence-electron chi connectivity index (χ4n) is 4.58. The number of carbonyl (C=O) groups excluding carboxylic acids is 2. The number of halogens is 3. The number of carboxylic acid groups (broad SMARTS) is 2. The number of hydrogen-bond donors (Lipinski definition) is 3. The average Bonchev–Trinajstić information content (AvgIpc) is 2.96. The van der Waals surface area contributed by atoms with Crippen LogP contribution in [0.1, 0.15) is 33.5 Å². The summed E-state index contributed by atoms with van der Waals surface area (Å²) in [7, 11) is 0. The predicted molar refractivity (Wildman–Crippen MR) is 148 cm³/mol. The summed E-state index contributed by atoms with van der Waals surface area (Å²) in [6, 6.07) is 24.5. The van der Waals surface area contributed by atoms with E-state index in [-0.39, 0.29) is 23.2 Å². The van der Waals surface area contributed by atoms with E-state index in [1.54, 1.807) is 36.4 Å². The summed E-state index contributed by atoms with van der Waals surface area (Å²) in [4.78, 5) is 50.1. The number of carbonyl (C=O) groups is 4. The van der Waals surface area contributed by atoms with Crippen LogP contribution in [0.3, 0.4) is 0 Å². The number of nitrogens with one attached hydrogen (secondary N) is 1. The lowest BCUT2D eigenvalue weighted by molar-refractivity contribution is -0.159. The number of hydrogen-bond acceptors (Lipinski definition) is 4. The molecular weight excluding hydrogens is 551 g/mol. The first-order valence-electron chi connectivity index (χ1n) is 12.6. The number of benzene rings is 4. The number of Topliss-reactive ketones (excluding diaryl/α,β-unsaturated/α-hetero) is 1. The van der Waals surface area contributed by atoms with Crippen LogP contribution in [0.15, 0.2) is 103 Å². The molecule has 3 N–H and O–H groups in total. The van der Waals surface area contributed by atoms with E-state index in [0.29, 0.717) is 16.7 Å². The summed E-state index contributed by atoms with van der Waals surface area (Å²) in [6.07, 6.45) is -5.73. The Kier molecular flexibility index (Phi) is 8.56. The van der Waals surface area contributed by atoms with Crippen LogP contribution in [0.4, 0.5) is 18.9 Å². The maximum Gasteiger partial charge on any atom is 0.416 e. The van der Waals surface area contributed by atoms with Gasteiger partial charge in [-0.1, -0.05) is 78.9 Å². The maximum atomic E-state index is 13.4. The topological polar surface area (TPSA) is 121 Å². The largest absolute Gasteiger partial charge is 0.480 e. The van der Waals surface area contributed by atoms with Crippen molar-refractivity contribution in [2.75, 3.05) is 5.32 Å². The van der Waals surface area contributed by atoms with Crippen LogP contribution in [-0.2, 0) is 32.4 Å². The molecule has 0 atom stereocenters. The van der Waals surface area contributed by atoms with Crippen molar-refractivity contribution in [1.82, 2.24) is 0 Å². The second-order valence-electron chi connectivity index (χ2n) is 9.55. The van der Waals surface area contributed by atoms with Gasteiger partial charge in [0, 0.05) is 24.1 Å². The molecule has 10 heteroatoms. The molecule has 0 aliphatic heterocycles. The molecule has 0 saturated heterocycles. The molecule has 4 aromatic carbocycles. The highest BCUT2D eigenvalue weighted by Gasteiger charge is 2.49. The van der Waals surface area contributed by atoms with Crippen LogP contribution in [0.5, 0.6) is 0 Å². The van der Waals surface area contributed by atoms with Crippen LogP contribution in [0.2, 0.25) is 0 Å². The Morgan fingerprint density at radius 2 is 1.26 bits per heavy atom. The van der Waals surface area contributed by atoms with Crippen LogP contribution in [0, 0.1) is 0 Å². The maximum absolute atomic E-state index is 13.4. The molecule has 0 heterocycles. The molecule has 7 nitrogen and oxygen atoms in total. The van der Waals surface area contributed by atoms with E-state index in [4.69, 9.17) is 0 Å². The minimum absolute atomic E-state index is 0.0409. The van der Waals surface area contributed by atoms with E-state index < -0.39 is 47.2 Å². The summed E-state index contributed by atoms with van der Waals surface area (Å²) >= 11 is 0. The fraction of sp³-hybridized carbons (Fsp3) is 0.125. The molecule has 0 unspecified atom stereocenters. The van der Waals surface area contributed by atoms with Gasteiger partial charge in [-0.05, 0) is 46.5 Å². The van der Waals surface area contributed by atoms with Gasteiger partial charge in [-0.3, -0.25) is 19.2 Å². The third-order valence-corrected chi connectivity index (χ3v) is 6.75. The molecule has 4 aromatic rings. The van der Waals surface area contributed by atoms with Crippen LogP contribution in [-0.4, -0.2) is 33.8 Å². The van der Waals surface area contributed by atoms with Crippen molar-refractivity contribution in [3.05, 3.63) is 125 Å². The van der Waals surface area contributed by atoms with Crippen molar-refractivity contribution < 1.29 is 42.6 Å². The number of ketones is 1. The van der Waals surface area contributed by atoms with E-state index in [2.05, 4.69) is 5.32 Å². The van der Waals surface area contributed by atoms with Gasteiger partial charge in [-0.15, -0.1) is 0 Å². The SMILES string of the molecule is O=C(Cc1ccc(NC(=O)c2cc(C(F)(F)F)ccc2-c2ccccc2)cc1)CC(C(=O)O)(C(=O)O)c1ccccc1. The first-order valence-corrected chi connectivity index (χ1v) is 12.6. The predicted octanol–water partition coefficient (Wildman–Crippen LogP) is 6.23. The first-order chi connectivity index (χ1) is 19.9. The van der Waals surface area contributed by atoms with E-state index >= 15 is 0 Å². The molecule has 0 spiro atoms. The second-order valence-corrected chi connectivity index (χ2v) is 9.55. The lowest BCUT2D eigenvalue weighted by atomic mass is 9.75. The minimum atomic E-state index is -4.65. The molecule has 214 valence electrons. The van der Waals surface area contributed by atoms with Gasteiger partial charge >= 0.3 is 18.1 Å². The highest BCUT2D eigenvalue weighted by atomic mass is 19.4. The smallest absolute Gasteiger partial charge is 0.416 e. The highest BCUT2D eigenvalue weighted by Crippen LogP contribution is 2.34. The third-order valence-electron chi connectivity index (χ3n) is 6.75. The molecule has 0 aromatic heterocycles. The van der Waals surface area contributed by atoms with Crippen molar-refractivity contribution in [3.63, 3.8) is 0 Å². The van der Waals surface area contributed by atoms with Crippen LogP contribution < -0.4 is 5.32 Å². The van der Waals surface area contributed by atoms with Gasteiger partial charge in [-0.25, -0.2) is 0 Å². The van der Waals surface area contributed by atoms with E-state index in [1.165, 1.54) is 54.6 Å². The van der Waals surface area contributed by atoms with Crippen molar-refractivity contribution >= 4 is 29.3 Å². The van der Waals surface area contributed by atoms with E-state index in [0.717, 1.165) is 12.1 Å². The van der Waals surface area contributed by atoms with E-state index in [1.807, 2.05) is 0 Å². The monoisotopic (exact) mass is 575 g/mol. The summed E-state index contributed by atoms with van der Waals surface area (Å²) in [5.74, 6) is -4.76. The average molecular weight is 576 g/mol. The minimum Gasteiger partial charge on any atom is -0.480 e. The lowest BCUT2D eigenvalue weighted by Crippen LogP contribution is -2.45. The molecule has 0 saturated carbocycles. The molecular formula is C32H24F3NO6. The summed E-state index contributed by atoms with van der Waals surface area (Å²) < 4.78 is 40.2. The lowest BCUT2D eigenvalue weighted by Gasteiger charge is -2.24. The normalized spacial score (nSPS) is 11.5.